The van der Waals surface area contributed by atoms with Gasteiger partial charge in [0, 0.05) is 5.56 Å². The first-order valence-corrected chi connectivity index (χ1v) is 6.46. The molecule has 2 aromatic rings. The molecule has 98 valence electrons. The molecule has 0 aliphatic rings. The van der Waals surface area contributed by atoms with Crippen molar-refractivity contribution in [3.63, 3.8) is 0 Å². The Hall–Kier alpha value is -1.96. The van der Waals surface area contributed by atoms with Crippen LogP contribution in [0.4, 0.5) is 4.39 Å². The van der Waals surface area contributed by atoms with E-state index in [0.717, 1.165) is 6.42 Å². The molecular formula is C17H17FO. The number of benzene rings is 2. The van der Waals surface area contributed by atoms with Crippen LogP contribution in [0.25, 0.3) is 0 Å². The third-order valence-electron chi connectivity index (χ3n) is 2.98. The number of ketones is 1. The molecule has 2 rings (SSSR count). The molecule has 1 nitrogen and oxygen atoms in total. The largest absolute Gasteiger partial charge is 0.288 e. The van der Waals surface area contributed by atoms with Crippen LogP contribution in [0.15, 0.2) is 48.5 Å². The van der Waals surface area contributed by atoms with Crippen LogP contribution in [-0.2, 0) is 6.42 Å². The molecule has 0 aromatic heterocycles. The number of halogens is 1. The molecule has 0 saturated carbocycles. The van der Waals surface area contributed by atoms with Crippen molar-refractivity contribution in [2.75, 3.05) is 0 Å². The van der Waals surface area contributed by atoms with Crippen LogP contribution in [0, 0.1) is 11.7 Å². The van der Waals surface area contributed by atoms with Gasteiger partial charge in [0.15, 0.2) is 5.78 Å². The molecule has 0 N–H and O–H groups in total. The predicted octanol–water partition coefficient (Wildman–Crippen LogP) is 4.26. The van der Waals surface area contributed by atoms with E-state index < -0.39 is 5.82 Å². The lowest BCUT2D eigenvalue weighted by molar-refractivity contribution is 0.103. The summed E-state index contributed by atoms with van der Waals surface area (Å²) in [6.07, 6.45) is 0.980. The average molecular weight is 256 g/mol. The first-order valence-electron chi connectivity index (χ1n) is 6.46. The molecule has 19 heavy (non-hydrogen) atoms. The molecule has 0 aliphatic carbocycles. The Morgan fingerprint density at radius 3 is 2.26 bits per heavy atom. The maximum absolute atomic E-state index is 13.6. The summed E-state index contributed by atoms with van der Waals surface area (Å²) in [5.74, 6) is -0.166. The lowest BCUT2D eigenvalue weighted by Crippen LogP contribution is -2.04. The number of hydrogen-bond acceptors (Lipinski definition) is 1. The quantitative estimate of drug-likeness (QED) is 0.747. The van der Waals surface area contributed by atoms with Crippen LogP contribution < -0.4 is 0 Å². The number of rotatable bonds is 4. The second-order valence-corrected chi connectivity index (χ2v) is 5.10. The van der Waals surface area contributed by atoms with Gasteiger partial charge in [-0.1, -0.05) is 50.2 Å². The lowest BCUT2D eigenvalue weighted by Gasteiger charge is -2.06. The van der Waals surface area contributed by atoms with E-state index in [0.29, 0.717) is 11.5 Å². The first kappa shape index (κ1) is 13.5. The van der Waals surface area contributed by atoms with Crippen molar-refractivity contribution >= 4 is 5.78 Å². The van der Waals surface area contributed by atoms with Crippen LogP contribution in [0.5, 0.6) is 0 Å². The molecule has 0 amide bonds. The second kappa shape index (κ2) is 5.79. The number of hydrogen-bond donors (Lipinski definition) is 0. The fraction of sp³-hybridized carbons (Fsp3) is 0.235. The van der Waals surface area contributed by atoms with E-state index >= 15 is 0 Å². The minimum Gasteiger partial charge on any atom is -0.288 e. The highest BCUT2D eigenvalue weighted by Crippen LogP contribution is 2.15. The molecule has 0 unspecified atom stereocenters. The molecule has 0 saturated heterocycles. The van der Waals surface area contributed by atoms with Gasteiger partial charge < -0.3 is 0 Å². The van der Waals surface area contributed by atoms with Crippen LogP contribution in [0.2, 0.25) is 0 Å². The normalized spacial score (nSPS) is 10.7. The Morgan fingerprint density at radius 1 is 1.05 bits per heavy atom. The lowest BCUT2D eigenvalue weighted by atomic mass is 9.98. The molecule has 0 radical (unpaired) electrons. The minimum atomic E-state index is -0.473. The van der Waals surface area contributed by atoms with Gasteiger partial charge in [0.2, 0.25) is 0 Å². The molecule has 0 atom stereocenters. The second-order valence-electron chi connectivity index (χ2n) is 5.10. The number of carbonyl (C=O) groups is 1. The summed E-state index contributed by atoms with van der Waals surface area (Å²) >= 11 is 0. The van der Waals surface area contributed by atoms with Gasteiger partial charge in [-0.25, -0.2) is 4.39 Å². The smallest absolute Gasteiger partial charge is 0.195 e. The standard InChI is InChI=1S/C17H17FO/c1-12(2)11-13-7-9-14(10-8-13)17(19)15-5-3-4-6-16(15)18/h3-10,12H,11H2,1-2H3. The summed E-state index contributed by atoms with van der Waals surface area (Å²) in [4.78, 5) is 12.2. The summed E-state index contributed by atoms with van der Waals surface area (Å²) in [5, 5.41) is 0. The van der Waals surface area contributed by atoms with Crippen LogP contribution in [0.1, 0.15) is 35.3 Å². The van der Waals surface area contributed by atoms with E-state index in [2.05, 4.69) is 13.8 Å². The summed E-state index contributed by atoms with van der Waals surface area (Å²) in [6, 6.07) is 13.5. The number of carbonyl (C=O) groups excluding carboxylic acids is 1. The highest BCUT2D eigenvalue weighted by molar-refractivity contribution is 6.09. The molecular weight excluding hydrogens is 239 g/mol. The van der Waals surface area contributed by atoms with Gasteiger partial charge in [-0.15, -0.1) is 0 Å². The zero-order valence-corrected chi connectivity index (χ0v) is 11.2. The van der Waals surface area contributed by atoms with Crippen LogP contribution in [0.3, 0.4) is 0 Å². The molecule has 0 spiro atoms. The molecule has 0 aliphatic heterocycles. The summed E-state index contributed by atoms with van der Waals surface area (Å²) < 4.78 is 13.6. The van der Waals surface area contributed by atoms with Crippen molar-refractivity contribution in [2.24, 2.45) is 5.92 Å². The van der Waals surface area contributed by atoms with E-state index in [9.17, 15) is 9.18 Å². The van der Waals surface area contributed by atoms with Gasteiger partial charge in [0.05, 0.1) is 5.56 Å². The summed E-state index contributed by atoms with van der Waals surface area (Å²) in [7, 11) is 0. The van der Waals surface area contributed by atoms with Gasteiger partial charge in [-0.05, 0) is 30.0 Å². The van der Waals surface area contributed by atoms with Crippen molar-refractivity contribution in [1.82, 2.24) is 0 Å². The van der Waals surface area contributed by atoms with Crippen molar-refractivity contribution in [3.05, 3.63) is 71.0 Å². The summed E-state index contributed by atoms with van der Waals surface area (Å²) in [6.45, 7) is 4.30. The monoisotopic (exact) mass is 256 g/mol. The Balaban J connectivity index is 2.23. The van der Waals surface area contributed by atoms with Gasteiger partial charge in [0.1, 0.15) is 5.82 Å². The fourth-order valence-corrected chi connectivity index (χ4v) is 2.06. The fourth-order valence-electron chi connectivity index (χ4n) is 2.06. The Morgan fingerprint density at radius 2 is 1.68 bits per heavy atom. The van der Waals surface area contributed by atoms with E-state index in [4.69, 9.17) is 0 Å². The maximum atomic E-state index is 13.6. The molecule has 0 bridgehead atoms. The van der Waals surface area contributed by atoms with Gasteiger partial charge in [-0.2, -0.15) is 0 Å². The molecule has 0 heterocycles. The van der Waals surface area contributed by atoms with Crippen molar-refractivity contribution < 1.29 is 9.18 Å². The summed E-state index contributed by atoms with van der Waals surface area (Å²) in [5.41, 5.74) is 1.84. The Bertz CT molecular complexity index is 570. The molecule has 2 heteroatoms. The zero-order valence-electron chi connectivity index (χ0n) is 11.2. The third kappa shape index (κ3) is 3.28. The average Bonchev–Trinajstić information content (AvgIpc) is 2.39. The van der Waals surface area contributed by atoms with Crippen molar-refractivity contribution in [3.8, 4) is 0 Å². The van der Waals surface area contributed by atoms with Crippen molar-refractivity contribution in [2.45, 2.75) is 20.3 Å². The van der Waals surface area contributed by atoms with E-state index in [1.165, 1.54) is 17.7 Å². The first-order chi connectivity index (χ1) is 9.08. The predicted molar refractivity (Wildman–Crippen MR) is 74.8 cm³/mol. The van der Waals surface area contributed by atoms with Gasteiger partial charge in [-0.3, -0.25) is 4.79 Å². The Labute approximate surface area is 113 Å². The van der Waals surface area contributed by atoms with E-state index in [1.54, 1.807) is 24.3 Å². The highest BCUT2D eigenvalue weighted by Gasteiger charge is 2.13. The third-order valence-corrected chi connectivity index (χ3v) is 2.98. The Kier molecular flexibility index (Phi) is 4.10. The van der Waals surface area contributed by atoms with E-state index in [-0.39, 0.29) is 11.3 Å². The molecule has 2 aromatic carbocycles. The zero-order chi connectivity index (χ0) is 13.8. The van der Waals surface area contributed by atoms with Crippen LogP contribution >= 0.6 is 0 Å². The maximum Gasteiger partial charge on any atom is 0.195 e. The van der Waals surface area contributed by atoms with Crippen LogP contribution in [-0.4, -0.2) is 5.78 Å². The molecule has 0 fully saturated rings. The van der Waals surface area contributed by atoms with Gasteiger partial charge >= 0.3 is 0 Å². The minimum absolute atomic E-state index is 0.124. The topological polar surface area (TPSA) is 17.1 Å². The highest BCUT2D eigenvalue weighted by atomic mass is 19.1. The van der Waals surface area contributed by atoms with Gasteiger partial charge in [0.25, 0.3) is 0 Å². The van der Waals surface area contributed by atoms with E-state index in [1.807, 2.05) is 12.1 Å². The SMILES string of the molecule is CC(C)Cc1ccc(C(=O)c2ccccc2F)cc1. The van der Waals surface area contributed by atoms with Crippen molar-refractivity contribution in [1.29, 1.82) is 0 Å².